The van der Waals surface area contributed by atoms with Crippen molar-refractivity contribution in [3.8, 4) is 0 Å². The van der Waals surface area contributed by atoms with Gasteiger partial charge in [-0.1, -0.05) is 20.8 Å². The number of hydrogen-bond donors (Lipinski definition) is 0. The molecule has 3 nitrogen and oxygen atoms in total. The second kappa shape index (κ2) is 3.32. The zero-order chi connectivity index (χ0) is 11.0. The summed E-state index contributed by atoms with van der Waals surface area (Å²) in [6.07, 6.45) is 3.50. The van der Waals surface area contributed by atoms with Gasteiger partial charge in [-0.15, -0.1) is 0 Å². The molecule has 2 aliphatic rings. The molecule has 2 bridgehead atoms. The van der Waals surface area contributed by atoms with Crippen LogP contribution in [0.1, 0.15) is 40.0 Å². The Balaban J connectivity index is 0.000000293. The maximum Gasteiger partial charge on any atom is 0.373 e. The Morgan fingerprint density at radius 1 is 1.29 bits per heavy atom. The molecule has 0 N–H and O–H groups in total. The molecule has 0 heterocycles. The van der Waals surface area contributed by atoms with E-state index in [0.717, 1.165) is 12.8 Å². The van der Waals surface area contributed by atoms with Gasteiger partial charge < -0.3 is 0 Å². The summed E-state index contributed by atoms with van der Waals surface area (Å²) >= 11 is 0. The third-order valence-electron chi connectivity index (χ3n) is 4.48. The van der Waals surface area contributed by atoms with Gasteiger partial charge >= 0.3 is 6.15 Å². The number of ketones is 1. The first-order valence-electron chi connectivity index (χ1n) is 4.92. The fourth-order valence-corrected chi connectivity index (χ4v) is 2.90. The molecule has 0 aromatic rings. The predicted octanol–water partition coefficient (Wildman–Crippen LogP) is 1.82. The van der Waals surface area contributed by atoms with E-state index in [4.69, 9.17) is 9.59 Å². The van der Waals surface area contributed by atoms with Crippen molar-refractivity contribution in [3.63, 3.8) is 0 Å². The number of Topliss-reactive ketones (excluding diaryl/α,β-unsaturated/α-hetero) is 1. The second-order valence-electron chi connectivity index (χ2n) is 5.00. The largest absolute Gasteiger partial charge is 0.373 e. The third kappa shape index (κ3) is 1.24. The molecule has 2 saturated carbocycles. The normalized spacial score (nSPS) is 37.4. The number of carbonyl (C=O) groups is 1. The van der Waals surface area contributed by atoms with Crippen LogP contribution < -0.4 is 0 Å². The molecule has 0 spiro atoms. The predicted molar refractivity (Wildman–Crippen MR) is 49.2 cm³/mol. The molecular formula is C11H16O3. The van der Waals surface area contributed by atoms with E-state index in [1.165, 1.54) is 6.42 Å². The van der Waals surface area contributed by atoms with Crippen LogP contribution in [0.15, 0.2) is 0 Å². The molecule has 0 aromatic heterocycles. The highest BCUT2D eigenvalue weighted by atomic mass is 16.2. The molecule has 2 rings (SSSR count). The van der Waals surface area contributed by atoms with Crippen molar-refractivity contribution in [2.45, 2.75) is 40.0 Å². The maximum absolute atomic E-state index is 11.6. The maximum atomic E-state index is 11.6. The van der Waals surface area contributed by atoms with Crippen molar-refractivity contribution in [1.82, 2.24) is 0 Å². The zero-order valence-corrected chi connectivity index (χ0v) is 8.92. The number of rotatable bonds is 0. The SMILES string of the molecule is CC12CCC(CC1=O)C2(C)C.O=C=O. The first kappa shape index (κ1) is 11.1. The van der Waals surface area contributed by atoms with E-state index in [1.54, 1.807) is 0 Å². The highest BCUT2D eigenvalue weighted by Gasteiger charge is 2.61. The lowest BCUT2D eigenvalue weighted by Crippen LogP contribution is -2.32. The van der Waals surface area contributed by atoms with Gasteiger partial charge in [0.15, 0.2) is 0 Å². The summed E-state index contributed by atoms with van der Waals surface area (Å²) in [7, 11) is 0. The van der Waals surface area contributed by atoms with Crippen molar-refractivity contribution in [2.24, 2.45) is 16.7 Å². The van der Waals surface area contributed by atoms with Crippen LogP contribution in [0.25, 0.3) is 0 Å². The minimum Gasteiger partial charge on any atom is -0.299 e. The van der Waals surface area contributed by atoms with E-state index >= 15 is 0 Å². The van der Waals surface area contributed by atoms with Gasteiger partial charge in [0.25, 0.3) is 0 Å². The molecule has 0 aromatic carbocycles. The van der Waals surface area contributed by atoms with Crippen molar-refractivity contribution in [3.05, 3.63) is 0 Å². The minimum atomic E-state index is 0.0255. The van der Waals surface area contributed by atoms with E-state index in [0.29, 0.717) is 11.7 Å². The van der Waals surface area contributed by atoms with E-state index in [9.17, 15) is 4.79 Å². The van der Waals surface area contributed by atoms with Gasteiger partial charge in [-0.05, 0) is 24.2 Å². The van der Waals surface area contributed by atoms with Gasteiger partial charge in [0.2, 0.25) is 0 Å². The molecule has 2 atom stereocenters. The topological polar surface area (TPSA) is 51.2 Å². The third-order valence-corrected chi connectivity index (χ3v) is 4.48. The summed E-state index contributed by atoms with van der Waals surface area (Å²) in [6.45, 7) is 6.67. The van der Waals surface area contributed by atoms with Crippen molar-refractivity contribution >= 4 is 11.9 Å². The molecule has 0 aliphatic heterocycles. The Hall–Kier alpha value is -0.950. The molecule has 0 radical (unpaired) electrons. The fourth-order valence-electron chi connectivity index (χ4n) is 2.90. The summed E-state index contributed by atoms with van der Waals surface area (Å²) < 4.78 is 0. The lowest BCUT2D eigenvalue weighted by atomic mass is 9.70. The number of fused-ring (bicyclic) bond motifs is 2. The van der Waals surface area contributed by atoms with Gasteiger partial charge in [0, 0.05) is 11.8 Å². The number of carbonyl (C=O) groups excluding carboxylic acids is 3. The Morgan fingerprint density at radius 2 is 1.79 bits per heavy atom. The van der Waals surface area contributed by atoms with Crippen molar-refractivity contribution in [1.29, 1.82) is 0 Å². The van der Waals surface area contributed by atoms with Crippen LogP contribution in [0.4, 0.5) is 0 Å². The van der Waals surface area contributed by atoms with Gasteiger partial charge in [-0.25, -0.2) is 0 Å². The van der Waals surface area contributed by atoms with Gasteiger partial charge in [-0.3, -0.25) is 4.79 Å². The lowest BCUT2D eigenvalue weighted by molar-refractivity contribution is -0.191. The summed E-state index contributed by atoms with van der Waals surface area (Å²) in [5.41, 5.74) is 0.307. The summed E-state index contributed by atoms with van der Waals surface area (Å²) in [5, 5.41) is 0. The van der Waals surface area contributed by atoms with Crippen LogP contribution in [0.3, 0.4) is 0 Å². The van der Waals surface area contributed by atoms with E-state index in [1.807, 2.05) is 0 Å². The first-order valence-corrected chi connectivity index (χ1v) is 4.92. The minimum absolute atomic E-state index is 0.0255. The van der Waals surface area contributed by atoms with Crippen molar-refractivity contribution in [2.75, 3.05) is 0 Å². The molecule has 2 aliphatic carbocycles. The molecule has 78 valence electrons. The van der Waals surface area contributed by atoms with Crippen LogP contribution in [0, 0.1) is 16.7 Å². The average molecular weight is 196 g/mol. The smallest absolute Gasteiger partial charge is 0.299 e. The van der Waals surface area contributed by atoms with E-state index in [-0.39, 0.29) is 17.0 Å². The molecule has 14 heavy (non-hydrogen) atoms. The van der Waals surface area contributed by atoms with Crippen LogP contribution >= 0.6 is 0 Å². The standard InChI is InChI=1S/C10H16O.CO2/c1-9(2)7-4-5-10(9,3)8(11)6-7;2-1-3/h7H,4-6H2,1-3H3;. The molecule has 0 amide bonds. The highest BCUT2D eigenvalue weighted by molar-refractivity contribution is 5.89. The van der Waals surface area contributed by atoms with Gasteiger partial charge in [-0.2, -0.15) is 9.59 Å². The summed E-state index contributed by atoms with van der Waals surface area (Å²) in [6, 6.07) is 0. The zero-order valence-electron chi connectivity index (χ0n) is 8.92. The Morgan fingerprint density at radius 3 is 1.93 bits per heavy atom. The van der Waals surface area contributed by atoms with Crippen LogP contribution in [-0.2, 0) is 14.4 Å². The highest BCUT2D eigenvalue weighted by Crippen LogP contribution is 2.63. The van der Waals surface area contributed by atoms with E-state index < -0.39 is 0 Å². The van der Waals surface area contributed by atoms with Crippen LogP contribution in [-0.4, -0.2) is 11.9 Å². The fraction of sp³-hybridized carbons (Fsp3) is 0.818. The monoisotopic (exact) mass is 196 g/mol. The lowest BCUT2D eigenvalue weighted by Gasteiger charge is -2.32. The summed E-state index contributed by atoms with van der Waals surface area (Å²) in [4.78, 5) is 27.8. The molecule has 0 saturated heterocycles. The second-order valence-corrected chi connectivity index (χ2v) is 5.00. The Kier molecular flexibility index (Phi) is 2.64. The Bertz CT molecular complexity index is 287. The summed E-state index contributed by atoms with van der Waals surface area (Å²) in [5.74, 6) is 1.19. The molecule has 2 unspecified atom stereocenters. The molecule has 2 fully saturated rings. The van der Waals surface area contributed by atoms with Gasteiger partial charge in [0.05, 0.1) is 0 Å². The van der Waals surface area contributed by atoms with Crippen LogP contribution in [0.5, 0.6) is 0 Å². The quantitative estimate of drug-likeness (QED) is 0.593. The van der Waals surface area contributed by atoms with Crippen LogP contribution in [0.2, 0.25) is 0 Å². The van der Waals surface area contributed by atoms with E-state index in [2.05, 4.69) is 20.8 Å². The Labute approximate surface area is 83.9 Å². The van der Waals surface area contributed by atoms with Gasteiger partial charge in [0.1, 0.15) is 5.78 Å². The molecule has 3 heteroatoms. The molecular weight excluding hydrogens is 180 g/mol. The first-order chi connectivity index (χ1) is 6.40. The number of hydrogen-bond acceptors (Lipinski definition) is 3. The van der Waals surface area contributed by atoms with Crippen molar-refractivity contribution < 1.29 is 14.4 Å². The average Bonchev–Trinajstić information content (AvgIpc) is 2.38.